The molecule has 3 aromatic rings. The first kappa shape index (κ1) is 15.3. The number of H-pyrrole nitrogens is 1. The molecule has 0 atom stereocenters. The van der Waals surface area contributed by atoms with Crippen LogP contribution in [0.1, 0.15) is 34.1 Å². The number of aromatic amines is 1. The highest BCUT2D eigenvalue weighted by atomic mass is 32.1. The number of amides is 1. The van der Waals surface area contributed by atoms with Crippen molar-refractivity contribution in [2.45, 2.75) is 18.8 Å². The molecule has 0 spiro atoms. The zero-order valence-corrected chi connectivity index (χ0v) is 14.3. The molecule has 0 bridgehead atoms. The molecule has 3 N–H and O–H groups in total. The van der Waals surface area contributed by atoms with E-state index in [-0.39, 0.29) is 0 Å². The molecule has 4 rings (SSSR count). The van der Waals surface area contributed by atoms with Crippen molar-refractivity contribution in [2.75, 3.05) is 20.1 Å². The van der Waals surface area contributed by atoms with Crippen molar-refractivity contribution in [3.8, 4) is 11.5 Å². The highest BCUT2D eigenvalue weighted by Crippen LogP contribution is 2.32. The fraction of sp³-hybridized carbons (Fsp3) is 0.353. The predicted octanol–water partition coefficient (Wildman–Crippen LogP) is 2.59. The Labute approximate surface area is 143 Å². The third-order valence-electron chi connectivity index (χ3n) is 4.61. The number of hydrogen-bond donors (Lipinski definition) is 2. The quantitative estimate of drug-likeness (QED) is 0.766. The van der Waals surface area contributed by atoms with Crippen LogP contribution < -0.4 is 5.73 Å². The van der Waals surface area contributed by atoms with Gasteiger partial charge in [-0.3, -0.25) is 4.79 Å². The maximum atomic E-state index is 11.5. The van der Waals surface area contributed by atoms with E-state index in [1.807, 2.05) is 11.4 Å². The number of aromatic nitrogens is 3. The number of rotatable bonds is 3. The Kier molecular flexibility index (Phi) is 3.82. The van der Waals surface area contributed by atoms with Crippen LogP contribution in [0.2, 0.25) is 0 Å². The van der Waals surface area contributed by atoms with E-state index in [1.54, 1.807) is 23.5 Å². The van der Waals surface area contributed by atoms with Crippen molar-refractivity contribution >= 4 is 28.3 Å². The largest absolute Gasteiger partial charge is 0.366 e. The van der Waals surface area contributed by atoms with Gasteiger partial charge < -0.3 is 15.6 Å². The third-order valence-corrected chi connectivity index (χ3v) is 5.62. The Morgan fingerprint density at radius 2 is 2.12 bits per heavy atom. The van der Waals surface area contributed by atoms with Gasteiger partial charge in [0.25, 0.3) is 5.91 Å². The number of carbonyl (C=O) groups excluding carboxylic acids is 1. The van der Waals surface area contributed by atoms with Gasteiger partial charge in [0, 0.05) is 11.3 Å². The van der Waals surface area contributed by atoms with Gasteiger partial charge in [0.2, 0.25) is 0 Å². The molecular formula is C17H19N5OS. The molecule has 1 aliphatic heterocycles. The second-order valence-electron chi connectivity index (χ2n) is 6.30. The summed E-state index contributed by atoms with van der Waals surface area (Å²) in [6.07, 6.45) is 2.30. The Morgan fingerprint density at radius 1 is 1.33 bits per heavy atom. The number of fused-ring (bicyclic) bond motifs is 1. The van der Waals surface area contributed by atoms with Crippen LogP contribution in [0.5, 0.6) is 0 Å². The molecule has 2 aromatic heterocycles. The lowest BCUT2D eigenvalue weighted by atomic mass is 9.98. The Morgan fingerprint density at radius 3 is 2.88 bits per heavy atom. The number of primary amides is 1. The lowest BCUT2D eigenvalue weighted by Gasteiger charge is -2.27. The highest BCUT2D eigenvalue weighted by Gasteiger charge is 2.22. The van der Waals surface area contributed by atoms with Crippen molar-refractivity contribution in [1.29, 1.82) is 0 Å². The summed E-state index contributed by atoms with van der Waals surface area (Å²) in [5, 5.41) is 3.21. The number of hydrogen-bond acceptors (Lipinski definition) is 5. The molecule has 1 saturated heterocycles. The summed E-state index contributed by atoms with van der Waals surface area (Å²) in [6, 6.07) is 5.39. The molecule has 0 radical (unpaired) electrons. The van der Waals surface area contributed by atoms with E-state index in [4.69, 9.17) is 10.7 Å². The summed E-state index contributed by atoms with van der Waals surface area (Å²) >= 11 is 1.69. The summed E-state index contributed by atoms with van der Waals surface area (Å²) < 4.78 is 0. The zero-order chi connectivity index (χ0) is 16.7. The molecule has 1 amide bonds. The monoisotopic (exact) mass is 341 g/mol. The van der Waals surface area contributed by atoms with Crippen molar-refractivity contribution < 1.29 is 4.79 Å². The first-order valence-corrected chi connectivity index (χ1v) is 8.92. The van der Waals surface area contributed by atoms with Gasteiger partial charge in [-0.25, -0.2) is 9.97 Å². The predicted molar refractivity (Wildman–Crippen MR) is 95.2 cm³/mol. The van der Waals surface area contributed by atoms with Gasteiger partial charge in [0.1, 0.15) is 11.2 Å². The first-order chi connectivity index (χ1) is 11.6. The van der Waals surface area contributed by atoms with E-state index in [1.165, 1.54) is 5.01 Å². The summed E-state index contributed by atoms with van der Waals surface area (Å²) in [6.45, 7) is 2.23. The van der Waals surface area contributed by atoms with Crippen LogP contribution in [-0.2, 0) is 0 Å². The fourth-order valence-corrected chi connectivity index (χ4v) is 4.17. The van der Waals surface area contributed by atoms with E-state index in [9.17, 15) is 4.79 Å². The Balaban J connectivity index is 1.66. The molecule has 3 heterocycles. The van der Waals surface area contributed by atoms with Crippen molar-refractivity contribution in [2.24, 2.45) is 5.73 Å². The Hall–Kier alpha value is -2.25. The van der Waals surface area contributed by atoms with Crippen LogP contribution in [0, 0.1) is 0 Å². The molecule has 0 aliphatic carbocycles. The molecule has 6 nitrogen and oxygen atoms in total. The third kappa shape index (κ3) is 2.70. The summed E-state index contributed by atoms with van der Waals surface area (Å²) in [4.78, 5) is 26.5. The Bertz CT molecular complexity index is 891. The van der Waals surface area contributed by atoms with Gasteiger partial charge in [-0.05, 0) is 45.1 Å². The lowest BCUT2D eigenvalue weighted by Crippen LogP contribution is -2.29. The lowest BCUT2D eigenvalue weighted by molar-refractivity contribution is 0.100. The number of carbonyl (C=O) groups is 1. The molecule has 7 heteroatoms. The smallest absolute Gasteiger partial charge is 0.250 e. The topological polar surface area (TPSA) is 87.9 Å². The minimum Gasteiger partial charge on any atom is -0.366 e. The molecule has 0 unspecified atom stereocenters. The second kappa shape index (κ2) is 5.99. The average molecular weight is 341 g/mol. The number of imidazole rings is 1. The molecule has 0 saturated carbocycles. The van der Waals surface area contributed by atoms with Gasteiger partial charge in [0.15, 0.2) is 5.82 Å². The number of nitrogens with one attached hydrogen (secondary N) is 1. The van der Waals surface area contributed by atoms with E-state index < -0.39 is 5.91 Å². The van der Waals surface area contributed by atoms with Gasteiger partial charge in [0.05, 0.1) is 16.1 Å². The molecule has 124 valence electrons. The highest BCUT2D eigenvalue weighted by molar-refractivity contribution is 7.10. The number of likely N-dealkylation sites (tertiary alicyclic amines) is 1. The number of nitrogens with two attached hydrogens (primary N) is 1. The zero-order valence-electron chi connectivity index (χ0n) is 13.5. The van der Waals surface area contributed by atoms with E-state index in [2.05, 4.69) is 21.9 Å². The fourth-order valence-electron chi connectivity index (χ4n) is 3.19. The van der Waals surface area contributed by atoms with E-state index in [0.717, 1.165) is 37.1 Å². The van der Waals surface area contributed by atoms with E-state index in [0.29, 0.717) is 22.8 Å². The van der Waals surface area contributed by atoms with Gasteiger partial charge in [-0.15, -0.1) is 11.3 Å². The second-order valence-corrected chi connectivity index (χ2v) is 7.19. The number of thiazole rings is 1. The van der Waals surface area contributed by atoms with Crippen LogP contribution >= 0.6 is 11.3 Å². The summed E-state index contributed by atoms with van der Waals surface area (Å²) in [5.74, 6) is 0.753. The van der Waals surface area contributed by atoms with E-state index >= 15 is 0 Å². The SMILES string of the molecule is CN1CCC(c2nc(-c3nc4c(C(N)=O)cccc4[nH]3)cs2)CC1. The minimum atomic E-state index is -0.469. The first-order valence-electron chi connectivity index (χ1n) is 8.04. The summed E-state index contributed by atoms with van der Waals surface area (Å²) in [5.41, 5.74) is 8.10. The number of benzene rings is 1. The molecular weight excluding hydrogens is 322 g/mol. The molecule has 24 heavy (non-hydrogen) atoms. The average Bonchev–Trinajstić information content (AvgIpc) is 3.21. The molecule has 1 aromatic carbocycles. The maximum absolute atomic E-state index is 11.5. The minimum absolute atomic E-state index is 0.431. The van der Waals surface area contributed by atoms with Crippen LogP contribution in [0.25, 0.3) is 22.6 Å². The maximum Gasteiger partial charge on any atom is 0.250 e. The number of piperidine rings is 1. The summed E-state index contributed by atoms with van der Waals surface area (Å²) in [7, 11) is 2.16. The normalized spacial score (nSPS) is 16.7. The molecule has 1 fully saturated rings. The van der Waals surface area contributed by atoms with Crippen molar-refractivity contribution in [3.05, 3.63) is 34.2 Å². The standard InChI is InChI=1S/C17H19N5OS/c1-22-7-5-10(6-8-22)17-20-13(9-24-17)16-19-12-4-2-3-11(15(18)23)14(12)21-16/h2-4,9-10H,5-8H2,1H3,(H2,18,23)(H,19,21). The van der Waals surface area contributed by atoms with Gasteiger partial charge in [-0.1, -0.05) is 6.07 Å². The van der Waals surface area contributed by atoms with Crippen LogP contribution in [0.4, 0.5) is 0 Å². The van der Waals surface area contributed by atoms with Crippen LogP contribution in [0.3, 0.4) is 0 Å². The van der Waals surface area contributed by atoms with Crippen LogP contribution in [-0.4, -0.2) is 45.9 Å². The van der Waals surface area contributed by atoms with Crippen molar-refractivity contribution in [1.82, 2.24) is 19.9 Å². The number of para-hydroxylation sites is 1. The van der Waals surface area contributed by atoms with Crippen LogP contribution in [0.15, 0.2) is 23.6 Å². The van der Waals surface area contributed by atoms with Gasteiger partial charge in [-0.2, -0.15) is 0 Å². The molecule has 1 aliphatic rings. The number of nitrogens with zero attached hydrogens (tertiary/aromatic N) is 3. The van der Waals surface area contributed by atoms with Gasteiger partial charge >= 0.3 is 0 Å². The van der Waals surface area contributed by atoms with Crippen molar-refractivity contribution in [3.63, 3.8) is 0 Å².